The number of phenols is 2. The number of phenolic OH excluding ortho intramolecular Hbond substituents is 2. The van der Waals surface area contributed by atoms with E-state index in [-0.39, 0.29) is 11.5 Å². The molecule has 0 bridgehead atoms. The molecule has 0 aliphatic heterocycles. The Kier molecular flexibility index (Phi) is 14.9. The predicted molar refractivity (Wildman–Crippen MR) is 307 cm³/mol. The van der Waals surface area contributed by atoms with Crippen molar-refractivity contribution in [2.45, 2.75) is 93.9 Å². The number of rotatable bonds is 17. The molecule has 0 saturated carbocycles. The normalized spacial score (nSPS) is 11.4. The third kappa shape index (κ3) is 10.8. The Morgan fingerprint density at radius 2 is 0.592 bits per heavy atom. The van der Waals surface area contributed by atoms with E-state index in [1.165, 1.54) is 0 Å². The van der Waals surface area contributed by atoms with Gasteiger partial charge in [0.1, 0.15) is 23.0 Å². The minimum absolute atomic E-state index is 0.0484. The molecule has 0 aliphatic rings. The van der Waals surface area contributed by atoms with E-state index in [2.05, 4.69) is 128 Å². The molecule has 10 aromatic rings. The van der Waals surface area contributed by atoms with Crippen molar-refractivity contribution in [3.8, 4) is 91.3 Å². The van der Waals surface area contributed by atoms with Crippen LogP contribution in [0.3, 0.4) is 0 Å². The molecule has 0 unspecified atom stereocenters. The summed E-state index contributed by atoms with van der Waals surface area (Å²) in [4.78, 5) is 30.1. The molecule has 0 radical (unpaired) electrons. The Labute approximate surface area is 445 Å². The van der Waals surface area contributed by atoms with Gasteiger partial charge in [-0.1, -0.05) is 169 Å². The second-order valence-electron chi connectivity index (χ2n) is 20.3. The third-order valence-electron chi connectivity index (χ3n) is 14.2. The van der Waals surface area contributed by atoms with Crippen molar-refractivity contribution in [3.05, 3.63) is 178 Å². The standard InChI is InChI=1S/C66H64N6O4/c1-39-23-27-47(43(5)33-39)61-67-62(48-28-24-40(2)34-44(48)6)70-65(69-61)59-53-21-15-13-19-51(53)57(37-55(59)73)75-31-17-11-9-10-12-18-32-76-58-38-56(74)60(54-22-16-14-20-52(54)58)66-71-63(49-29-25-41(3)35-45(49)7)68-64(72-66)50-30-26-42(4)36-46(50)8/h13-16,19-30,33-38,73-74H,9-12,17-18,31-32H2,1-8H3. The van der Waals surface area contributed by atoms with E-state index in [9.17, 15) is 10.2 Å². The molecule has 8 aromatic carbocycles. The van der Waals surface area contributed by atoms with Gasteiger partial charge in [-0.05, 0) is 90.5 Å². The Morgan fingerprint density at radius 3 is 0.895 bits per heavy atom. The Hall–Kier alpha value is -8.50. The molecule has 0 aliphatic carbocycles. The average molecular weight is 1010 g/mol. The number of aromatic hydroxyl groups is 2. The van der Waals surface area contributed by atoms with E-state index in [0.29, 0.717) is 70.8 Å². The van der Waals surface area contributed by atoms with Crippen LogP contribution >= 0.6 is 0 Å². The van der Waals surface area contributed by atoms with Crippen LogP contribution in [-0.4, -0.2) is 53.3 Å². The van der Waals surface area contributed by atoms with Gasteiger partial charge in [-0.2, -0.15) is 0 Å². The molecule has 0 spiro atoms. The zero-order valence-electron chi connectivity index (χ0n) is 44.8. The second-order valence-corrected chi connectivity index (χ2v) is 20.3. The van der Waals surface area contributed by atoms with Gasteiger partial charge >= 0.3 is 0 Å². The van der Waals surface area contributed by atoms with Crippen LogP contribution in [0.15, 0.2) is 133 Å². The summed E-state index contributed by atoms with van der Waals surface area (Å²) in [5, 5.41) is 27.0. The molecule has 0 fully saturated rings. The topological polar surface area (TPSA) is 136 Å². The molecular weight excluding hydrogens is 941 g/mol. The summed E-state index contributed by atoms with van der Waals surface area (Å²) >= 11 is 0. The quantitative estimate of drug-likeness (QED) is 0.0849. The fourth-order valence-corrected chi connectivity index (χ4v) is 10.4. The molecular formula is C66H64N6O4. The Morgan fingerprint density at radius 1 is 0.316 bits per heavy atom. The number of hydrogen-bond acceptors (Lipinski definition) is 10. The summed E-state index contributed by atoms with van der Waals surface area (Å²) in [5.74, 6) is 4.35. The van der Waals surface area contributed by atoms with Gasteiger partial charge in [0.05, 0.1) is 24.3 Å². The van der Waals surface area contributed by atoms with Crippen molar-refractivity contribution >= 4 is 21.5 Å². The molecule has 10 heteroatoms. The summed E-state index contributed by atoms with van der Waals surface area (Å²) in [6.07, 6.45) is 5.86. The maximum atomic E-state index is 11.8. The van der Waals surface area contributed by atoms with Crippen LogP contribution in [0.5, 0.6) is 23.0 Å². The molecule has 0 atom stereocenters. The van der Waals surface area contributed by atoms with E-state index in [1.54, 1.807) is 12.1 Å². The number of hydrogen-bond donors (Lipinski definition) is 2. The predicted octanol–water partition coefficient (Wildman–Crippen LogP) is 16.0. The van der Waals surface area contributed by atoms with E-state index >= 15 is 0 Å². The molecule has 2 N–H and O–H groups in total. The number of fused-ring (bicyclic) bond motifs is 2. The lowest BCUT2D eigenvalue weighted by molar-refractivity contribution is 0.299. The van der Waals surface area contributed by atoms with Crippen LogP contribution in [0.25, 0.3) is 89.9 Å². The minimum Gasteiger partial charge on any atom is -0.507 e. The molecule has 10 rings (SSSR count). The number of ether oxygens (including phenoxy) is 2. The maximum Gasteiger partial charge on any atom is 0.168 e. The number of benzene rings is 8. The maximum absolute atomic E-state index is 11.8. The van der Waals surface area contributed by atoms with Gasteiger partial charge in [0.15, 0.2) is 34.9 Å². The SMILES string of the molecule is Cc1ccc(-c2nc(-c3ccc(C)cc3C)nc(-c3c(O)cc(OCCCCCCCCOc4cc(O)c(-c5nc(-c6ccc(C)cc6C)nc(-c6ccc(C)cc6C)n5)c5ccccc45)c4ccccc34)n2)c(C)c1. The summed E-state index contributed by atoms with van der Waals surface area (Å²) in [5.41, 5.74) is 13.6. The van der Waals surface area contributed by atoms with E-state index in [0.717, 1.165) is 127 Å². The van der Waals surface area contributed by atoms with Crippen molar-refractivity contribution in [2.24, 2.45) is 0 Å². The first kappa shape index (κ1) is 51.0. The lowest BCUT2D eigenvalue weighted by Gasteiger charge is -2.16. The Bertz CT molecular complexity index is 3430. The smallest absolute Gasteiger partial charge is 0.168 e. The number of unbranched alkanes of at least 4 members (excludes halogenated alkanes) is 5. The van der Waals surface area contributed by atoms with E-state index in [1.807, 2.05) is 48.5 Å². The molecule has 2 heterocycles. The number of nitrogens with zero attached hydrogens (tertiary/aromatic N) is 6. The van der Waals surface area contributed by atoms with Crippen molar-refractivity contribution in [3.63, 3.8) is 0 Å². The number of aromatic nitrogens is 6. The van der Waals surface area contributed by atoms with Gasteiger partial charge in [0.25, 0.3) is 0 Å². The van der Waals surface area contributed by atoms with Crippen molar-refractivity contribution in [2.75, 3.05) is 13.2 Å². The highest BCUT2D eigenvalue weighted by molar-refractivity contribution is 6.03. The summed E-state index contributed by atoms with van der Waals surface area (Å²) in [7, 11) is 0. The minimum atomic E-state index is 0.0484. The molecule has 2 aromatic heterocycles. The Balaban J connectivity index is 0.785. The van der Waals surface area contributed by atoms with Crippen LogP contribution in [0.4, 0.5) is 0 Å². The van der Waals surface area contributed by atoms with Crippen molar-refractivity contribution in [1.82, 2.24) is 29.9 Å². The van der Waals surface area contributed by atoms with Crippen LogP contribution < -0.4 is 9.47 Å². The summed E-state index contributed by atoms with van der Waals surface area (Å²) < 4.78 is 12.8. The van der Waals surface area contributed by atoms with Gasteiger partial charge in [0, 0.05) is 55.9 Å². The monoisotopic (exact) mass is 1000 g/mol. The fraction of sp³-hybridized carbons (Fsp3) is 0.242. The van der Waals surface area contributed by atoms with Gasteiger partial charge in [-0.25, -0.2) is 29.9 Å². The average Bonchev–Trinajstić information content (AvgIpc) is 3.41. The zero-order chi connectivity index (χ0) is 53.0. The lowest BCUT2D eigenvalue weighted by atomic mass is 10.0. The third-order valence-corrected chi connectivity index (χ3v) is 14.2. The van der Waals surface area contributed by atoms with E-state index < -0.39 is 0 Å². The van der Waals surface area contributed by atoms with Crippen molar-refractivity contribution < 1.29 is 19.7 Å². The van der Waals surface area contributed by atoms with E-state index in [4.69, 9.17) is 39.4 Å². The molecule has 10 nitrogen and oxygen atoms in total. The fourth-order valence-electron chi connectivity index (χ4n) is 10.4. The molecule has 0 amide bonds. The first-order chi connectivity index (χ1) is 36.8. The summed E-state index contributed by atoms with van der Waals surface area (Å²) in [6.45, 7) is 17.6. The lowest BCUT2D eigenvalue weighted by Crippen LogP contribution is -2.03. The highest BCUT2D eigenvalue weighted by atomic mass is 16.5. The van der Waals surface area contributed by atoms with Crippen LogP contribution in [0.1, 0.15) is 83.0 Å². The molecule has 0 saturated heterocycles. The van der Waals surface area contributed by atoms with Crippen molar-refractivity contribution in [1.29, 1.82) is 0 Å². The van der Waals surface area contributed by atoms with Crippen LogP contribution in [0.2, 0.25) is 0 Å². The largest absolute Gasteiger partial charge is 0.507 e. The van der Waals surface area contributed by atoms with Gasteiger partial charge in [-0.3, -0.25) is 0 Å². The van der Waals surface area contributed by atoms with Gasteiger partial charge in [0.2, 0.25) is 0 Å². The highest BCUT2D eigenvalue weighted by Gasteiger charge is 2.23. The molecule has 76 heavy (non-hydrogen) atoms. The van der Waals surface area contributed by atoms with Gasteiger partial charge in [-0.15, -0.1) is 0 Å². The first-order valence-corrected chi connectivity index (χ1v) is 26.4. The van der Waals surface area contributed by atoms with Gasteiger partial charge < -0.3 is 19.7 Å². The second kappa shape index (κ2) is 22.1. The summed E-state index contributed by atoms with van der Waals surface area (Å²) in [6, 6.07) is 44.3. The number of aryl methyl sites for hydroxylation is 8. The van der Waals surface area contributed by atoms with Crippen LogP contribution in [0, 0.1) is 55.4 Å². The molecule has 382 valence electrons. The van der Waals surface area contributed by atoms with Crippen LogP contribution in [-0.2, 0) is 0 Å². The zero-order valence-corrected chi connectivity index (χ0v) is 44.8. The highest BCUT2D eigenvalue weighted by Crippen LogP contribution is 2.44. The first-order valence-electron chi connectivity index (χ1n) is 26.4.